The van der Waals surface area contributed by atoms with E-state index in [0.717, 1.165) is 5.39 Å². The summed E-state index contributed by atoms with van der Waals surface area (Å²) in [7, 11) is -0.148. The molecular formula is C13H16O4Si. The minimum Gasteiger partial charge on any atom is -0.542 e. The molecule has 0 fully saturated rings. The molecule has 96 valence electrons. The average molecular weight is 264 g/mol. The summed E-state index contributed by atoms with van der Waals surface area (Å²) >= 11 is 0. The fourth-order valence-corrected chi connectivity index (χ4v) is 2.46. The minimum absolute atomic E-state index is 0.372. The van der Waals surface area contributed by atoms with Crippen LogP contribution in [0.1, 0.15) is 0 Å². The van der Waals surface area contributed by atoms with Crippen LogP contribution in [0.15, 0.2) is 33.5 Å². The maximum absolute atomic E-state index is 11.2. The third kappa shape index (κ3) is 2.73. The Morgan fingerprint density at radius 3 is 2.44 bits per heavy atom. The summed E-state index contributed by atoms with van der Waals surface area (Å²) in [4.78, 5) is 11.2. The molecule has 0 atom stereocenters. The fraction of sp³-hybridized carbons (Fsp3) is 0.308. The number of rotatable bonds is 3. The molecule has 1 aromatic carbocycles. The molecule has 0 saturated carbocycles. The van der Waals surface area contributed by atoms with E-state index >= 15 is 0 Å². The second-order valence-electron chi connectivity index (χ2n) is 5.01. The molecule has 1 heterocycles. The molecule has 0 bridgehead atoms. The number of methoxy groups -OCH3 is 1. The molecule has 2 aromatic rings. The highest BCUT2D eigenvalue weighted by Gasteiger charge is 2.19. The number of hydrogen-bond acceptors (Lipinski definition) is 4. The molecule has 0 aliphatic heterocycles. The van der Waals surface area contributed by atoms with Gasteiger partial charge in [0.1, 0.15) is 11.3 Å². The van der Waals surface area contributed by atoms with Crippen molar-refractivity contribution in [3.8, 4) is 11.5 Å². The van der Waals surface area contributed by atoms with E-state index in [9.17, 15) is 4.79 Å². The third-order valence-electron chi connectivity index (χ3n) is 2.32. The number of hydrogen-bond donors (Lipinski definition) is 0. The van der Waals surface area contributed by atoms with Crippen LogP contribution in [0.2, 0.25) is 19.6 Å². The molecule has 4 nitrogen and oxygen atoms in total. The monoisotopic (exact) mass is 264 g/mol. The maximum Gasteiger partial charge on any atom is 0.336 e. The Balaban J connectivity index is 2.59. The summed E-state index contributed by atoms with van der Waals surface area (Å²) in [5, 5.41) is 0.823. The second-order valence-corrected chi connectivity index (χ2v) is 9.44. The fourth-order valence-electron chi connectivity index (χ4n) is 1.65. The first-order chi connectivity index (χ1) is 8.39. The van der Waals surface area contributed by atoms with Crippen molar-refractivity contribution in [1.29, 1.82) is 0 Å². The first-order valence-electron chi connectivity index (χ1n) is 5.70. The lowest BCUT2D eigenvalue weighted by Crippen LogP contribution is -2.29. The molecule has 0 saturated heterocycles. The van der Waals surface area contributed by atoms with E-state index in [2.05, 4.69) is 19.6 Å². The van der Waals surface area contributed by atoms with Gasteiger partial charge in [-0.1, -0.05) is 0 Å². The highest BCUT2D eigenvalue weighted by molar-refractivity contribution is 6.70. The Bertz CT molecular complexity index is 625. The van der Waals surface area contributed by atoms with Crippen LogP contribution in [0.3, 0.4) is 0 Å². The van der Waals surface area contributed by atoms with Gasteiger partial charge in [0.2, 0.25) is 8.32 Å². The largest absolute Gasteiger partial charge is 0.542 e. The minimum atomic E-state index is -1.72. The highest BCUT2D eigenvalue weighted by Crippen LogP contribution is 2.33. The van der Waals surface area contributed by atoms with Gasteiger partial charge in [-0.3, -0.25) is 0 Å². The van der Waals surface area contributed by atoms with E-state index in [4.69, 9.17) is 13.6 Å². The molecule has 0 aliphatic carbocycles. The van der Waals surface area contributed by atoms with Gasteiger partial charge in [0.05, 0.1) is 7.11 Å². The molecule has 5 heteroatoms. The van der Waals surface area contributed by atoms with E-state index in [1.165, 1.54) is 6.07 Å². The van der Waals surface area contributed by atoms with Gasteiger partial charge in [0.15, 0.2) is 5.75 Å². The Labute approximate surface area is 106 Å². The molecule has 0 aliphatic rings. The van der Waals surface area contributed by atoms with Crippen LogP contribution in [0.5, 0.6) is 11.5 Å². The lowest BCUT2D eigenvalue weighted by molar-refractivity contribution is 0.391. The van der Waals surface area contributed by atoms with Crippen molar-refractivity contribution < 1.29 is 13.6 Å². The molecule has 18 heavy (non-hydrogen) atoms. The van der Waals surface area contributed by atoms with Crippen LogP contribution >= 0.6 is 0 Å². The Hall–Kier alpha value is -1.75. The van der Waals surface area contributed by atoms with E-state index in [-0.39, 0.29) is 5.63 Å². The van der Waals surface area contributed by atoms with Gasteiger partial charge in [-0.25, -0.2) is 4.79 Å². The molecule has 0 unspecified atom stereocenters. The molecule has 2 rings (SSSR count). The van der Waals surface area contributed by atoms with Crippen molar-refractivity contribution in [2.24, 2.45) is 0 Å². The van der Waals surface area contributed by atoms with E-state index < -0.39 is 8.32 Å². The first kappa shape index (κ1) is 12.7. The summed E-state index contributed by atoms with van der Waals surface area (Å²) in [5.74, 6) is 1.28. The standard InChI is InChI=1S/C13H16O4Si/c1-15-11-8-10-9(5-6-13(14)16-10)7-12(11)17-18(2,3)4/h5-8H,1-4H3. The lowest BCUT2D eigenvalue weighted by Gasteiger charge is -2.21. The Morgan fingerprint density at radius 1 is 1.11 bits per heavy atom. The van der Waals surface area contributed by atoms with Crippen molar-refractivity contribution in [2.45, 2.75) is 19.6 Å². The van der Waals surface area contributed by atoms with Crippen LogP contribution in [-0.2, 0) is 0 Å². The molecule has 1 aromatic heterocycles. The van der Waals surface area contributed by atoms with Gasteiger partial charge in [-0.15, -0.1) is 0 Å². The molecule has 0 amide bonds. The highest BCUT2D eigenvalue weighted by atomic mass is 28.4. The van der Waals surface area contributed by atoms with Crippen LogP contribution in [0, 0.1) is 0 Å². The van der Waals surface area contributed by atoms with Gasteiger partial charge in [0.25, 0.3) is 0 Å². The van der Waals surface area contributed by atoms with Gasteiger partial charge >= 0.3 is 5.63 Å². The maximum atomic E-state index is 11.2. The number of ether oxygens (including phenoxy) is 1. The Morgan fingerprint density at radius 2 is 1.83 bits per heavy atom. The molecule has 0 spiro atoms. The van der Waals surface area contributed by atoms with Crippen molar-refractivity contribution in [2.75, 3.05) is 7.11 Å². The normalized spacial score (nSPS) is 11.6. The topological polar surface area (TPSA) is 48.7 Å². The first-order valence-corrected chi connectivity index (χ1v) is 9.11. The number of fused-ring (bicyclic) bond motifs is 1. The van der Waals surface area contributed by atoms with E-state index in [0.29, 0.717) is 17.1 Å². The molecule has 0 N–H and O–H groups in total. The van der Waals surface area contributed by atoms with Crippen LogP contribution in [0.4, 0.5) is 0 Å². The van der Waals surface area contributed by atoms with Gasteiger partial charge in [0, 0.05) is 17.5 Å². The van der Waals surface area contributed by atoms with Gasteiger partial charge in [-0.2, -0.15) is 0 Å². The smallest absolute Gasteiger partial charge is 0.336 e. The summed E-state index contributed by atoms with van der Waals surface area (Å²) < 4.78 is 16.3. The third-order valence-corrected chi connectivity index (χ3v) is 3.15. The van der Waals surface area contributed by atoms with E-state index in [1.54, 1.807) is 19.2 Å². The van der Waals surface area contributed by atoms with Gasteiger partial charge in [-0.05, 0) is 31.8 Å². The van der Waals surface area contributed by atoms with Crippen molar-refractivity contribution in [3.05, 3.63) is 34.7 Å². The van der Waals surface area contributed by atoms with Crippen LogP contribution in [-0.4, -0.2) is 15.4 Å². The van der Waals surface area contributed by atoms with Crippen LogP contribution in [0.25, 0.3) is 11.0 Å². The average Bonchev–Trinajstić information content (AvgIpc) is 2.26. The van der Waals surface area contributed by atoms with Crippen molar-refractivity contribution in [1.82, 2.24) is 0 Å². The molecule has 0 radical (unpaired) electrons. The predicted octanol–water partition coefficient (Wildman–Crippen LogP) is 3.02. The quantitative estimate of drug-likeness (QED) is 0.631. The van der Waals surface area contributed by atoms with Crippen LogP contribution < -0.4 is 14.8 Å². The SMILES string of the molecule is COc1cc2oc(=O)ccc2cc1O[Si](C)(C)C. The zero-order valence-electron chi connectivity index (χ0n) is 10.9. The summed E-state index contributed by atoms with van der Waals surface area (Å²) in [6, 6.07) is 6.65. The van der Waals surface area contributed by atoms with E-state index in [1.807, 2.05) is 6.07 Å². The lowest BCUT2D eigenvalue weighted by atomic mass is 10.2. The van der Waals surface area contributed by atoms with Gasteiger partial charge < -0.3 is 13.6 Å². The summed E-state index contributed by atoms with van der Waals surface area (Å²) in [6.07, 6.45) is 0. The zero-order valence-corrected chi connectivity index (χ0v) is 11.9. The zero-order chi connectivity index (χ0) is 13.3. The summed E-state index contributed by atoms with van der Waals surface area (Å²) in [6.45, 7) is 6.30. The predicted molar refractivity (Wildman–Crippen MR) is 73.0 cm³/mol. The van der Waals surface area contributed by atoms with Crippen molar-refractivity contribution >= 4 is 19.3 Å². The second kappa shape index (κ2) is 4.49. The van der Waals surface area contributed by atoms with Crippen molar-refractivity contribution in [3.63, 3.8) is 0 Å². The molecular weight excluding hydrogens is 248 g/mol. The Kier molecular flexibility index (Phi) is 3.17. The summed E-state index contributed by atoms with van der Waals surface area (Å²) in [5.41, 5.74) is 0.130. The number of benzene rings is 1.